The van der Waals surface area contributed by atoms with Gasteiger partial charge in [-0.15, -0.1) is 11.3 Å². The molecule has 3 nitrogen and oxygen atoms in total. The van der Waals surface area contributed by atoms with Crippen LogP contribution in [-0.2, 0) is 0 Å². The van der Waals surface area contributed by atoms with Gasteiger partial charge in [0.25, 0.3) is 0 Å². The van der Waals surface area contributed by atoms with E-state index in [0.717, 1.165) is 4.88 Å². The molecule has 0 fully saturated rings. The van der Waals surface area contributed by atoms with Gasteiger partial charge < -0.3 is 4.74 Å². The van der Waals surface area contributed by atoms with Crippen molar-refractivity contribution in [3.05, 3.63) is 16.1 Å². The molecule has 0 amide bonds. The Labute approximate surface area is 103 Å². The topological polar surface area (TPSA) is 35.0 Å². The summed E-state index contributed by atoms with van der Waals surface area (Å²) in [5.41, 5.74) is 0. The van der Waals surface area contributed by atoms with E-state index in [9.17, 15) is 13.2 Å². The summed E-state index contributed by atoms with van der Waals surface area (Å²) in [5.74, 6) is 0. The van der Waals surface area contributed by atoms with Crippen LogP contribution in [0, 0.1) is 6.92 Å². The maximum absolute atomic E-state index is 11.9. The first-order chi connectivity index (χ1) is 7.85. The summed E-state index contributed by atoms with van der Waals surface area (Å²) < 4.78 is 40.3. The normalized spacial score (nSPS) is 12.1. The summed E-state index contributed by atoms with van der Waals surface area (Å²) in [4.78, 5) is 8.98. The Balaban J connectivity index is 2.30. The largest absolute Gasteiger partial charge is 0.454 e. The third-order valence-corrected chi connectivity index (χ3v) is 3.05. The molecule has 92 valence electrons. The van der Waals surface area contributed by atoms with E-state index in [4.69, 9.17) is 11.6 Å². The second kappa shape index (κ2) is 4.30. The third-order valence-electron chi connectivity index (χ3n) is 1.81. The number of alkyl halides is 3. The van der Waals surface area contributed by atoms with Crippen molar-refractivity contribution < 1.29 is 17.9 Å². The predicted octanol–water partition coefficient (Wildman–Crippen LogP) is 3.59. The van der Waals surface area contributed by atoms with E-state index >= 15 is 0 Å². The van der Waals surface area contributed by atoms with E-state index in [2.05, 4.69) is 14.7 Å². The molecule has 2 aromatic heterocycles. The molecule has 0 N–H and O–H groups in total. The van der Waals surface area contributed by atoms with Crippen molar-refractivity contribution in [1.82, 2.24) is 9.97 Å². The van der Waals surface area contributed by atoms with Gasteiger partial charge in [0.1, 0.15) is 9.98 Å². The van der Waals surface area contributed by atoms with Crippen LogP contribution in [0.2, 0.25) is 5.15 Å². The number of aromatic nitrogens is 2. The van der Waals surface area contributed by atoms with Gasteiger partial charge in [-0.05, 0) is 13.0 Å². The van der Waals surface area contributed by atoms with Gasteiger partial charge in [0, 0.05) is 10.3 Å². The molecule has 0 saturated heterocycles. The van der Waals surface area contributed by atoms with Gasteiger partial charge in [-0.1, -0.05) is 11.6 Å². The Morgan fingerprint density at radius 1 is 1.41 bits per heavy atom. The molecule has 0 aliphatic rings. The Morgan fingerprint density at radius 2 is 2.12 bits per heavy atom. The molecule has 0 aromatic carbocycles. The Bertz CT molecular complexity index is 555. The van der Waals surface area contributed by atoms with Crippen LogP contribution in [0.4, 0.5) is 13.2 Å². The molecular weight excluding hydrogens is 277 g/mol. The quantitative estimate of drug-likeness (QED) is 0.790. The van der Waals surface area contributed by atoms with Crippen molar-refractivity contribution >= 4 is 33.2 Å². The van der Waals surface area contributed by atoms with Crippen molar-refractivity contribution in [2.45, 2.75) is 13.1 Å². The molecule has 2 heterocycles. The van der Waals surface area contributed by atoms with Crippen molar-refractivity contribution in [2.75, 3.05) is 6.61 Å². The number of hydrogen-bond acceptors (Lipinski definition) is 4. The Kier molecular flexibility index (Phi) is 3.13. The van der Waals surface area contributed by atoms with Gasteiger partial charge in [0.05, 0.1) is 0 Å². The van der Waals surface area contributed by atoms with Crippen LogP contribution in [0.5, 0.6) is 6.01 Å². The number of ether oxygens (including phenoxy) is 1. The van der Waals surface area contributed by atoms with Crippen LogP contribution in [0.3, 0.4) is 0 Å². The van der Waals surface area contributed by atoms with Gasteiger partial charge in [-0.3, -0.25) is 0 Å². The minimum absolute atomic E-state index is 0.0940. The lowest BCUT2D eigenvalue weighted by molar-refractivity contribution is -0.154. The number of hydrogen-bond donors (Lipinski definition) is 0. The lowest BCUT2D eigenvalue weighted by Crippen LogP contribution is -2.20. The van der Waals surface area contributed by atoms with E-state index in [1.807, 2.05) is 6.92 Å². The number of aryl methyl sites for hydroxylation is 1. The number of rotatable bonds is 2. The lowest BCUT2D eigenvalue weighted by atomic mass is 10.4. The first-order valence-corrected chi connectivity index (χ1v) is 5.68. The zero-order valence-corrected chi connectivity index (χ0v) is 10.1. The van der Waals surface area contributed by atoms with E-state index in [1.165, 1.54) is 11.3 Å². The fourth-order valence-electron chi connectivity index (χ4n) is 1.20. The van der Waals surface area contributed by atoms with Crippen LogP contribution in [0.1, 0.15) is 4.88 Å². The molecular formula is C9H6ClF3N2OS. The first-order valence-electron chi connectivity index (χ1n) is 4.48. The molecule has 0 bridgehead atoms. The molecule has 2 aromatic rings. The summed E-state index contributed by atoms with van der Waals surface area (Å²) >= 11 is 7.14. The molecule has 0 aliphatic heterocycles. The zero-order chi connectivity index (χ0) is 12.6. The fourth-order valence-corrected chi connectivity index (χ4v) is 2.34. The maximum atomic E-state index is 11.9. The monoisotopic (exact) mass is 282 g/mol. The molecule has 2 rings (SSSR count). The van der Waals surface area contributed by atoms with E-state index in [-0.39, 0.29) is 11.2 Å². The molecule has 17 heavy (non-hydrogen) atoms. The summed E-state index contributed by atoms with van der Waals surface area (Å²) in [7, 11) is 0. The smallest absolute Gasteiger partial charge is 0.422 e. The average Bonchev–Trinajstić information content (AvgIpc) is 2.55. The van der Waals surface area contributed by atoms with Crippen molar-refractivity contribution in [3.63, 3.8) is 0 Å². The Hall–Kier alpha value is -1.08. The summed E-state index contributed by atoms with van der Waals surface area (Å²) in [6.07, 6.45) is -4.42. The van der Waals surface area contributed by atoms with Gasteiger partial charge in [0.15, 0.2) is 6.61 Å². The van der Waals surface area contributed by atoms with Crippen LogP contribution < -0.4 is 4.74 Å². The summed E-state index contributed by atoms with van der Waals surface area (Å²) in [5, 5.41) is 0.713. The lowest BCUT2D eigenvalue weighted by Gasteiger charge is -2.07. The van der Waals surface area contributed by atoms with Gasteiger partial charge in [-0.25, -0.2) is 0 Å². The van der Waals surface area contributed by atoms with Crippen molar-refractivity contribution in [3.8, 4) is 6.01 Å². The molecule has 0 aliphatic carbocycles. The number of thiophene rings is 1. The number of fused-ring (bicyclic) bond motifs is 1. The summed E-state index contributed by atoms with van der Waals surface area (Å²) in [6.45, 7) is 0.415. The highest BCUT2D eigenvalue weighted by Crippen LogP contribution is 2.30. The highest BCUT2D eigenvalue weighted by molar-refractivity contribution is 7.18. The van der Waals surface area contributed by atoms with E-state index < -0.39 is 12.8 Å². The first kappa shape index (κ1) is 12.4. The summed E-state index contributed by atoms with van der Waals surface area (Å²) in [6, 6.07) is 1.41. The number of nitrogens with zero attached hydrogens (tertiary/aromatic N) is 2. The Morgan fingerprint density at radius 3 is 2.76 bits per heavy atom. The van der Waals surface area contributed by atoms with E-state index in [1.54, 1.807) is 6.07 Å². The highest BCUT2D eigenvalue weighted by atomic mass is 35.5. The van der Waals surface area contributed by atoms with Crippen LogP contribution in [-0.4, -0.2) is 22.8 Å². The predicted molar refractivity (Wildman–Crippen MR) is 58.7 cm³/mol. The van der Waals surface area contributed by atoms with Gasteiger partial charge >= 0.3 is 12.2 Å². The molecule has 0 radical (unpaired) electrons. The molecule has 0 saturated carbocycles. The standard InChI is InChI=1S/C9H6ClF3N2OS/c1-4-2-5-6(10)14-8(15-7(5)17-4)16-3-9(11,12)13/h2H,3H2,1H3. The molecule has 0 spiro atoms. The second-order valence-corrected chi connectivity index (χ2v) is 4.87. The highest BCUT2D eigenvalue weighted by Gasteiger charge is 2.29. The molecule has 0 atom stereocenters. The fraction of sp³-hybridized carbons (Fsp3) is 0.333. The van der Waals surface area contributed by atoms with Crippen molar-refractivity contribution in [2.24, 2.45) is 0 Å². The molecule has 0 unspecified atom stereocenters. The van der Waals surface area contributed by atoms with Crippen LogP contribution in [0.25, 0.3) is 10.2 Å². The van der Waals surface area contributed by atoms with Crippen LogP contribution >= 0.6 is 22.9 Å². The van der Waals surface area contributed by atoms with Gasteiger partial charge in [-0.2, -0.15) is 23.1 Å². The minimum Gasteiger partial charge on any atom is -0.454 e. The van der Waals surface area contributed by atoms with Gasteiger partial charge in [0.2, 0.25) is 0 Å². The number of halogens is 4. The maximum Gasteiger partial charge on any atom is 0.422 e. The third kappa shape index (κ3) is 2.98. The van der Waals surface area contributed by atoms with Crippen LogP contribution in [0.15, 0.2) is 6.07 Å². The SMILES string of the molecule is Cc1cc2c(Cl)nc(OCC(F)(F)F)nc2s1. The van der Waals surface area contributed by atoms with Crippen molar-refractivity contribution in [1.29, 1.82) is 0 Å². The second-order valence-electron chi connectivity index (χ2n) is 3.28. The molecule has 8 heteroatoms. The van der Waals surface area contributed by atoms with E-state index in [0.29, 0.717) is 10.2 Å². The average molecular weight is 283 g/mol. The minimum atomic E-state index is -4.42. The zero-order valence-electron chi connectivity index (χ0n) is 8.51.